The van der Waals surface area contributed by atoms with Gasteiger partial charge in [-0.3, -0.25) is 19.2 Å². The number of nitrogens with two attached hydrogens (primary N) is 2. The van der Waals surface area contributed by atoms with Crippen molar-refractivity contribution in [3.63, 3.8) is 0 Å². The molecule has 0 heterocycles. The fourth-order valence-corrected chi connectivity index (χ4v) is 3.40. The molecule has 204 valence electrons. The van der Waals surface area contributed by atoms with Gasteiger partial charge in [0.2, 0.25) is 23.6 Å². The van der Waals surface area contributed by atoms with Crippen molar-refractivity contribution in [1.82, 2.24) is 16.0 Å². The standard InChI is InChI=1S/C25H31N5O8/c1-13(26)22(34)28-18(10-14-2-6-16(31)7-3-14)23(35)29-19(11-15-4-8-17(32)9-5-15)24(36)30-20(25(37)38)12-21(27)33/h2-9,13,18-20,31-32H,10-12,26H2,1H3,(H2,27,33)(H,28,34)(H,29,35)(H,30,36)(H,37,38). The predicted octanol–water partition coefficient (Wildman–Crippen LogP) is -1.36. The molecule has 2 rings (SSSR count). The molecule has 4 unspecified atom stereocenters. The number of nitrogens with one attached hydrogen (secondary N) is 3. The van der Waals surface area contributed by atoms with E-state index in [2.05, 4.69) is 16.0 Å². The third kappa shape index (κ3) is 9.43. The maximum atomic E-state index is 13.3. The normalized spacial score (nSPS) is 13.8. The van der Waals surface area contributed by atoms with Crippen LogP contribution in [0.25, 0.3) is 0 Å². The van der Waals surface area contributed by atoms with Crippen molar-refractivity contribution >= 4 is 29.6 Å². The SMILES string of the molecule is CC(N)C(=O)NC(Cc1ccc(O)cc1)C(=O)NC(Cc1ccc(O)cc1)C(=O)NC(CC(N)=O)C(=O)O. The number of amides is 4. The summed E-state index contributed by atoms with van der Waals surface area (Å²) in [6, 6.07) is 6.57. The van der Waals surface area contributed by atoms with E-state index in [9.17, 15) is 39.3 Å². The number of primary amides is 1. The van der Waals surface area contributed by atoms with Crippen molar-refractivity contribution < 1.29 is 39.3 Å². The molecular weight excluding hydrogens is 498 g/mol. The van der Waals surface area contributed by atoms with Crippen LogP contribution >= 0.6 is 0 Å². The molecule has 0 saturated heterocycles. The van der Waals surface area contributed by atoms with Crippen LogP contribution in [-0.2, 0) is 36.8 Å². The fourth-order valence-electron chi connectivity index (χ4n) is 3.40. The number of aliphatic carboxylic acids is 1. The number of rotatable bonds is 13. The zero-order chi connectivity index (χ0) is 28.4. The summed E-state index contributed by atoms with van der Waals surface area (Å²) in [5.41, 5.74) is 11.8. The number of phenolic OH excluding ortho intramolecular Hbond substituents is 2. The lowest BCUT2D eigenvalue weighted by Gasteiger charge is -2.25. The summed E-state index contributed by atoms with van der Waals surface area (Å²) in [7, 11) is 0. The molecule has 2 aromatic carbocycles. The van der Waals surface area contributed by atoms with Gasteiger partial charge in [-0.05, 0) is 42.3 Å². The highest BCUT2D eigenvalue weighted by Crippen LogP contribution is 2.14. The Labute approximate surface area is 218 Å². The van der Waals surface area contributed by atoms with Crippen molar-refractivity contribution in [2.45, 2.75) is 50.4 Å². The molecule has 0 fully saturated rings. The first kappa shape index (κ1) is 29.6. The second kappa shape index (κ2) is 13.6. The number of carboxylic acids is 1. The van der Waals surface area contributed by atoms with Gasteiger partial charge in [-0.1, -0.05) is 24.3 Å². The number of phenols is 2. The monoisotopic (exact) mass is 529 g/mol. The molecule has 4 amide bonds. The first-order chi connectivity index (χ1) is 17.8. The molecule has 4 atom stereocenters. The Bertz CT molecular complexity index is 1150. The average Bonchev–Trinajstić information content (AvgIpc) is 2.84. The van der Waals surface area contributed by atoms with Crippen molar-refractivity contribution in [2.24, 2.45) is 11.5 Å². The Balaban J connectivity index is 2.32. The number of carbonyl (C=O) groups is 5. The van der Waals surface area contributed by atoms with Crippen molar-refractivity contribution in [1.29, 1.82) is 0 Å². The van der Waals surface area contributed by atoms with E-state index in [0.717, 1.165) is 0 Å². The van der Waals surface area contributed by atoms with E-state index in [4.69, 9.17) is 11.5 Å². The highest BCUT2D eigenvalue weighted by atomic mass is 16.4. The lowest BCUT2D eigenvalue weighted by atomic mass is 10.0. The first-order valence-electron chi connectivity index (χ1n) is 11.6. The minimum Gasteiger partial charge on any atom is -0.508 e. The number of aromatic hydroxyl groups is 2. The molecular formula is C25H31N5O8. The van der Waals surface area contributed by atoms with E-state index in [1.807, 2.05) is 0 Å². The number of hydrogen-bond acceptors (Lipinski definition) is 8. The minimum absolute atomic E-state index is 0.00365. The van der Waals surface area contributed by atoms with Gasteiger partial charge in [-0.25, -0.2) is 4.79 Å². The van der Waals surface area contributed by atoms with Crippen LogP contribution in [0.5, 0.6) is 11.5 Å². The third-order valence-corrected chi connectivity index (χ3v) is 5.45. The number of carbonyl (C=O) groups excluding carboxylic acids is 4. The van der Waals surface area contributed by atoms with Gasteiger partial charge in [0, 0.05) is 12.8 Å². The molecule has 38 heavy (non-hydrogen) atoms. The molecule has 0 aliphatic heterocycles. The molecule has 13 heteroatoms. The summed E-state index contributed by atoms with van der Waals surface area (Å²) in [5, 5.41) is 35.7. The topological polar surface area (TPSA) is 234 Å². The third-order valence-electron chi connectivity index (χ3n) is 5.45. The lowest BCUT2D eigenvalue weighted by molar-refractivity contribution is -0.143. The molecule has 2 aromatic rings. The Hall–Kier alpha value is -4.65. The maximum absolute atomic E-state index is 13.3. The summed E-state index contributed by atoms with van der Waals surface area (Å²) in [6.45, 7) is 1.43. The molecule has 13 nitrogen and oxygen atoms in total. The number of carboxylic acid groups (broad SMARTS) is 1. The largest absolute Gasteiger partial charge is 0.508 e. The molecule has 0 radical (unpaired) electrons. The van der Waals surface area contributed by atoms with Crippen LogP contribution < -0.4 is 27.4 Å². The highest BCUT2D eigenvalue weighted by Gasteiger charge is 2.31. The molecule has 10 N–H and O–H groups in total. The Morgan fingerprint density at radius 1 is 0.711 bits per heavy atom. The Morgan fingerprint density at radius 3 is 1.42 bits per heavy atom. The van der Waals surface area contributed by atoms with Gasteiger partial charge < -0.3 is 42.7 Å². The highest BCUT2D eigenvalue weighted by molar-refractivity contribution is 5.95. The Morgan fingerprint density at radius 2 is 1.08 bits per heavy atom. The molecule has 0 aliphatic rings. The summed E-state index contributed by atoms with van der Waals surface area (Å²) < 4.78 is 0. The van der Waals surface area contributed by atoms with Crippen LogP contribution in [0.1, 0.15) is 24.5 Å². The Kier molecular flexibility index (Phi) is 10.6. The molecule has 0 bridgehead atoms. The van der Waals surface area contributed by atoms with E-state index in [1.54, 1.807) is 12.1 Å². The second-order valence-electron chi connectivity index (χ2n) is 8.72. The lowest BCUT2D eigenvalue weighted by Crippen LogP contribution is -2.58. The fraction of sp³-hybridized carbons (Fsp3) is 0.320. The van der Waals surface area contributed by atoms with Crippen LogP contribution in [-0.4, -0.2) is 69.1 Å². The van der Waals surface area contributed by atoms with Crippen LogP contribution in [0.15, 0.2) is 48.5 Å². The number of hydrogen-bond donors (Lipinski definition) is 8. The van der Waals surface area contributed by atoms with E-state index < -0.39 is 60.2 Å². The quantitative estimate of drug-likeness (QED) is 0.153. The molecule has 0 spiro atoms. The van der Waals surface area contributed by atoms with Crippen LogP contribution in [0.4, 0.5) is 0 Å². The zero-order valence-corrected chi connectivity index (χ0v) is 20.6. The van der Waals surface area contributed by atoms with Crippen LogP contribution in [0.2, 0.25) is 0 Å². The van der Waals surface area contributed by atoms with Gasteiger partial charge in [-0.2, -0.15) is 0 Å². The zero-order valence-electron chi connectivity index (χ0n) is 20.6. The molecule has 0 saturated carbocycles. The average molecular weight is 530 g/mol. The van der Waals surface area contributed by atoms with E-state index in [0.29, 0.717) is 11.1 Å². The van der Waals surface area contributed by atoms with Gasteiger partial charge in [0.25, 0.3) is 0 Å². The van der Waals surface area contributed by atoms with Gasteiger partial charge in [0.1, 0.15) is 29.6 Å². The summed E-state index contributed by atoms with van der Waals surface area (Å²) >= 11 is 0. The summed E-state index contributed by atoms with van der Waals surface area (Å²) in [6.07, 6.45) is -0.805. The van der Waals surface area contributed by atoms with Crippen molar-refractivity contribution in [3.8, 4) is 11.5 Å². The van der Waals surface area contributed by atoms with Crippen molar-refractivity contribution in [2.75, 3.05) is 0 Å². The maximum Gasteiger partial charge on any atom is 0.326 e. The molecule has 0 aromatic heterocycles. The van der Waals surface area contributed by atoms with E-state index >= 15 is 0 Å². The van der Waals surface area contributed by atoms with Crippen LogP contribution in [0, 0.1) is 0 Å². The van der Waals surface area contributed by atoms with Gasteiger partial charge in [0.15, 0.2) is 0 Å². The molecule has 0 aliphatic carbocycles. The van der Waals surface area contributed by atoms with E-state index in [-0.39, 0.29) is 24.3 Å². The number of benzene rings is 2. The van der Waals surface area contributed by atoms with Gasteiger partial charge >= 0.3 is 5.97 Å². The second-order valence-corrected chi connectivity index (χ2v) is 8.72. The van der Waals surface area contributed by atoms with Gasteiger partial charge in [0.05, 0.1) is 12.5 Å². The first-order valence-corrected chi connectivity index (χ1v) is 11.6. The van der Waals surface area contributed by atoms with Crippen LogP contribution in [0.3, 0.4) is 0 Å². The summed E-state index contributed by atoms with van der Waals surface area (Å²) in [4.78, 5) is 61.4. The van der Waals surface area contributed by atoms with E-state index in [1.165, 1.54) is 43.3 Å². The minimum atomic E-state index is -1.63. The summed E-state index contributed by atoms with van der Waals surface area (Å²) in [5.74, 6) is -4.79. The smallest absolute Gasteiger partial charge is 0.326 e. The predicted molar refractivity (Wildman–Crippen MR) is 135 cm³/mol. The van der Waals surface area contributed by atoms with Gasteiger partial charge in [-0.15, -0.1) is 0 Å². The van der Waals surface area contributed by atoms with Crippen molar-refractivity contribution in [3.05, 3.63) is 59.7 Å².